The number of phenolic OH excluding ortho intramolecular Hbond substituents is 2. The van der Waals surface area contributed by atoms with Gasteiger partial charge in [0, 0.05) is 34.7 Å². The molecule has 0 unspecified atom stereocenters. The molecule has 0 spiro atoms. The second-order valence-corrected chi connectivity index (χ2v) is 18.7. The van der Waals surface area contributed by atoms with Crippen LogP contribution in [0.2, 0.25) is 0 Å². The highest BCUT2D eigenvalue weighted by atomic mass is 16.5. The molecule has 55 heavy (non-hydrogen) atoms. The normalized spacial score (nSPS) is 13.8. The number of ether oxygens (including phenoxy) is 1. The Morgan fingerprint density at radius 1 is 0.436 bits per heavy atom. The van der Waals surface area contributed by atoms with Gasteiger partial charge in [-0.1, -0.05) is 186 Å². The third kappa shape index (κ3) is 9.28. The van der Waals surface area contributed by atoms with E-state index in [9.17, 15) is 10.2 Å². The Morgan fingerprint density at radius 3 is 1.02 bits per heavy atom. The van der Waals surface area contributed by atoms with Gasteiger partial charge in [0.25, 0.3) is 0 Å². The minimum absolute atomic E-state index is 0.173. The van der Waals surface area contributed by atoms with Gasteiger partial charge in [0.1, 0.15) is 17.1 Å². The zero-order chi connectivity index (χ0) is 40.4. The summed E-state index contributed by atoms with van der Waals surface area (Å²) in [6, 6.07) is 38.6. The maximum absolute atomic E-state index is 11.7. The van der Waals surface area contributed by atoms with Gasteiger partial charge in [0.2, 0.25) is 6.35 Å². The largest absolute Gasteiger partial charge is 0.507 e. The molecule has 0 heterocycles. The number of hydrogen-bond acceptors (Lipinski definition) is 5. The van der Waals surface area contributed by atoms with Crippen LogP contribution < -0.4 is 0 Å². The Bertz CT molecular complexity index is 1940. The summed E-state index contributed by atoms with van der Waals surface area (Å²) in [6.07, 6.45) is 2.24. The SMILES string of the molecule is CC(C)(C)c1cc(C=NC(N=Cc2cc(C(C)(C)C)cc(C(C)(C)C)c2O)OC(c2ccccc2)(c2ccccc2)c2ccccc2)c(O)c(C(C)(C)C)c1. The number of aromatic hydroxyl groups is 2. The molecule has 0 amide bonds. The van der Waals surface area contributed by atoms with Crippen LogP contribution in [0.1, 0.15) is 133 Å². The van der Waals surface area contributed by atoms with E-state index in [1.807, 2.05) is 66.7 Å². The molecule has 288 valence electrons. The van der Waals surface area contributed by atoms with Crippen LogP contribution in [0.5, 0.6) is 11.5 Å². The van der Waals surface area contributed by atoms with Crippen molar-refractivity contribution in [3.8, 4) is 11.5 Å². The van der Waals surface area contributed by atoms with Gasteiger partial charge >= 0.3 is 0 Å². The van der Waals surface area contributed by atoms with E-state index < -0.39 is 12.0 Å². The predicted molar refractivity (Wildman–Crippen MR) is 230 cm³/mol. The Hall–Kier alpha value is -5.00. The summed E-state index contributed by atoms with van der Waals surface area (Å²) < 4.78 is 7.35. The smallest absolute Gasteiger partial charge is 0.246 e. The summed E-state index contributed by atoms with van der Waals surface area (Å²) in [7, 11) is 0. The van der Waals surface area contributed by atoms with Crippen molar-refractivity contribution in [2.45, 2.75) is 117 Å². The molecule has 0 aliphatic heterocycles. The number of phenols is 2. The fraction of sp³-hybridized carbons (Fsp3) is 0.360. The zero-order valence-electron chi connectivity index (χ0n) is 34.9. The quantitative estimate of drug-likeness (QED) is 0.117. The van der Waals surface area contributed by atoms with Crippen LogP contribution in [0.3, 0.4) is 0 Å². The van der Waals surface area contributed by atoms with Crippen molar-refractivity contribution in [2.75, 3.05) is 0 Å². The number of rotatable bonds is 9. The average Bonchev–Trinajstić information content (AvgIpc) is 3.11. The van der Waals surface area contributed by atoms with Crippen molar-refractivity contribution in [2.24, 2.45) is 9.98 Å². The number of aliphatic imine (C=N–C) groups is 2. The van der Waals surface area contributed by atoms with Crippen LogP contribution in [-0.2, 0) is 32.0 Å². The van der Waals surface area contributed by atoms with Crippen LogP contribution in [0.15, 0.2) is 125 Å². The summed E-state index contributed by atoms with van der Waals surface area (Å²) in [4.78, 5) is 10.1. The second kappa shape index (κ2) is 15.6. The molecule has 0 aromatic heterocycles. The van der Waals surface area contributed by atoms with Gasteiger partial charge in [0.15, 0.2) is 0 Å². The van der Waals surface area contributed by atoms with E-state index in [0.29, 0.717) is 11.1 Å². The van der Waals surface area contributed by atoms with Gasteiger partial charge in [-0.2, -0.15) is 0 Å². The Labute approximate surface area is 329 Å². The molecule has 0 atom stereocenters. The van der Waals surface area contributed by atoms with Gasteiger partial charge in [-0.3, -0.25) is 0 Å². The lowest BCUT2D eigenvalue weighted by molar-refractivity contribution is -0.0379. The lowest BCUT2D eigenvalue weighted by Gasteiger charge is -2.37. The molecule has 0 bridgehead atoms. The maximum atomic E-state index is 11.7. The molecule has 0 aliphatic rings. The fourth-order valence-electron chi connectivity index (χ4n) is 6.79. The van der Waals surface area contributed by atoms with Crippen molar-refractivity contribution < 1.29 is 14.9 Å². The highest BCUT2D eigenvalue weighted by Crippen LogP contribution is 2.43. The maximum Gasteiger partial charge on any atom is 0.246 e. The predicted octanol–water partition coefficient (Wildman–Crippen LogP) is 12.1. The minimum Gasteiger partial charge on any atom is -0.507 e. The standard InChI is InChI=1S/C50H60N2O3/c1-46(2,3)39-28-34(43(53)41(30-39)48(7,8)9)32-51-45(52-33-35-29-40(47(4,5)6)31-42(44(35)54)49(10,11)12)55-50(36-22-16-13-17-23-36,37-24-18-14-19-25-37)38-26-20-15-21-27-38/h13-33,45,53-54H,1-12H3. The Balaban J connectivity index is 1.80. The molecule has 0 aliphatic carbocycles. The van der Waals surface area contributed by atoms with Crippen LogP contribution in [0.25, 0.3) is 0 Å². The monoisotopic (exact) mass is 736 g/mol. The van der Waals surface area contributed by atoms with E-state index in [1.54, 1.807) is 12.4 Å². The van der Waals surface area contributed by atoms with E-state index in [-0.39, 0.29) is 33.2 Å². The van der Waals surface area contributed by atoms with E-state index in [4.69, 9.17) is 14.7 Å². The average molecular weight is 737 g/mol. The molecule has 0 fully saturated rings. The molecule has 5 nitrogen and oxygen atoms in total. The zero-order valence-corrected chi connectivity index (χ0v) is 34.9. The Morgan fingerprint density at radius 2 is 0.745 bits per heavy atom. The summed E-state index contributed by atoms with van der Waals surface area (Å²) in [5.74, 6) is 0.357. The molecule has 2 N–H and O–H groups in total. The van der Waals surface area contributed by atoms with Crippen molar-refractivity contribution in [1.29, 1.82) is 0 Å². The van der Waals surface area contributed by atoms with Crippen LogP contribution in [0.4, 0.5) is 0 Å². The van der Waals surface area contributed by atoms with Crippen molar-refractivity contribution in [1.82, 2.24) is 0 Å². The van der Waals surface area contributed by atoms with Crippen LogP contribution in [0, 0.1) is 0 Å². The van der Waals surface area contributed by atoms with Crippen LogP contribution in [-0.4, -0.2) is 29.0 Å². The molecule has 5 rings (SSSR count). The second-order valence-electron chi connectivity index (χ2n) is 18.7. The first kappa shape index (κ1) is 41.2. The summed E-state index contributed by atoms with van der Waals surface area (Å²) in [5.41, 5.74) is 5.62. The molecule has 5 heteroatoms. The van der Waals surface area contributed by atoms with Gasteiger partial charge in [-0.15, -0.1) is 0 Å². The topological polar surface area (TPSA) is 74.4 Å². The van der Waals surface area contributed by atoms with Gasteiger partial charge in [-0.25, -0.2) is 9.98 Å². The lowest BCUT2D eigenvalue weighted by Crippen LogP contribution is -2.36. The first-order chi connectivity index (χ1) is 25.6. The first-order valence-electron chi connectivity index (χ1n) is 19.3. The molecular formula is C50H60N2O3. The fourth-order valence-corrected chi connectivity index (χ4v) is 6.79. The molecular weight excluding hydrogens is 677 g/mol. The number of nitrogens with zero attached hydrogens (tertiary/aromatic N) is 2. The molecule has 0 saturated carbocycles. The molecule has 0 saturated heterocycles. The van der Waals surface area contributed by atoms with Gasteiger partial charge in [-0.05, 0) is 61.6 Å². The number of benzene rings is 5. The summed E-state index contributed by atoms with van der Waals surface area (Å²) >= 11 is 0. The van der Waals surface area contributed by atoms with Gasteiger partial charge < -0.3 is 14.9 Å². The highest BCUT2D eigenvalue weighted by molar-refractivity contribution is 5.86. The Kier molecular flexibility index (Phi) is 11.7. The van der Waals surface area contributed by atoms with E-state index >= 15 is 0 Å². The summed E-state index contributed by atoms with van der Waals surface area (Å²) in [6.45, 7) is 25.6. The van der Waals surface area contributed by atoms with Crippen molar-refractivity contribution in [3.63, 3.8) is 0 Å². The van der Waals surface area contributed by atoms with E-state index in [0.717, 1.165) is 38.9 Å². The molecule has 5 aromatic carbocycles. The third-order valence-corrected chi connectivity index (χ3v) is 10.1. The third-order valence-electron chi connectivity index (χ3n) is 10.1. The van der Waals surface area contributed by atoms with Crippen LogP contribution >= 0.6 is 0 Å². The first-order valence-corrected chi connectivity index (χ1v) is 19.3. The highest BCUT2D eigenvalue weighted by Gasteiger charge is 2.40. The van der Waals surface area contributed by atoms with E-state index in [1.165, 1.54) is 0 Å². The van der Waals surface area contributed by atoms with E-state index in [2.05, 4.69) is 132 Å². The number of hydrogen-bond donors (Lipinski definition) is 2. The molecule has 0 radical (unpaired) electrons. The van der Waals surface area contributed by atoms with Crippen molar-refractivity contribution >= 4 is 12.4 Å². The lowest BCUT2D eigenvalue weighted by atomic mass is 9.79. The summed E-state index contributed by atoms with van der Waals surface area (Å²) in [5, 5.41) is 23.5. The van der Waals surface area contributed by atoms with Gasteiger partial charge in [0.05, 0.1) is 0 Å². The minimum atomic E-state index is -1.14. The molecule has 5 aromatic rings. The van der Waals surface area contributed by atoms with Crippen molar-refractivity contribution in [3.05, 3.63) is 165 Å².